The quantitative estimate of drug-likeness (QED) is 0.685. The average Bonchev–Trinajstić information content (AvgIpc) is 2.37. The zero-order valence-corrected chi connectivity index (χ0v) is 11.7. The number of piperidine rings is 1. The second-order valence-corrected chi connectivity index (χ2v) is 5.42. The van der Waals surface area contributed by atoms with Crippen molar-refractivity contribution in [3.8, 4) is 0 Å². The first-order chi connectivity index (χ1) is 9.41. The monoisotopic (exact) mass is 298 g/mol. The molecule has 0 bridgehead atoms. The van der Waals surface area contributed by atoms with Crippen molar-refractivity contribution < 1.29 is 14.8 Å². The number of hydrogen-bond donors (Lipinski definition) is 1. The zero-order valence-electron chi connectivity index (χ0n) is 11.0. The van der Waals surface area contributed by atoms with E-state index in [0.29, 0.717) is 11.6 Å². The number of aliphatic carboxylic acids is 1. The Morgan fingerprint density at radius 2 is 2.25 bits per heavy atom. The summed E-state index contributed by atoms with van der Waals surface area (Å²) in [6, 6.07) is 3.46. The molecule has 1 fully saturated rings. The van der Waals surface area contributed by atoms with Crippen LogP contribution < -0.4 is 4.90 Å². The number of nitro benzene ring substituents is 1. The van der Waals surface area contributed by atoms with Gasteiger partial charge in [0.15, 0.2) is 0 Å². The Morgan fingerprint density at radius 1 is 1.55 bits per heavy atom. The Morgan fingerprint density at radius 3 is 2.85 bits per heavy atom. The molecular weight excluding hydrogens is 284 g/mol. The molecule has 1 aliphatic rings. The van der Waals surface area contributed by atoms with Crippen LogP contribution in [0.2, 0.25) is 5.02 Å². The summed E-state index contributed by atoms with van der Waals surface area (Å²) in [7, 11) is 0. The first-order valence-corrected chi connectivity index (χ1v) is 6.73. The van der Waals surface area contributed by atoms with Gasteiger partial charge in [0.05, 0.1) is 4.92 Å². The third kappa shape index (κ3) is 2.70. The van der Waals surface area contributed by atoms with E-state index in [1.54, 1.807) is 4.90 Å². The van der Waals surface area contributed by atoms with Gasteiger partial charge in [0.2, 0.25) is 0 Å². The van der Waals surface area contributed by atoms with Crippen molar-refractivity contribution in [3.05, 3.63) is 33.3 Å². The minimum absolute atomic E-state index is 0.0696. The van der Waals surface area contributed by atoms with Crippen LogP contribution in [-0.2, 0) is 4.79 Å². The molecule has 7 heteroatoms. The number of nitrogens with zero attached hydrogens (tertiary/aromatic N) is 2. The van der Waals surface area contributed by atoms with Crippen LogP contribution in [-0.4, -0.2) is 28.6 Å². The minimum Gasteiger partial charge on any atom is -0.480 e. The minimum atomic E-state index is -0.966. The molecule has 0 aromatic heterocycles. The number of benzene rings is 1. The molecule has 20 heavy (non-hydrogen) atoms. The first-order valence-electron chi connectivity index (χ1n) is 6.35. The lowest BCUT2D eigenvalue weighted by Gasteiger charge is -2.38. The van der Waals surface area contributed by atoms with Crippen LogP contribution in [0.4, 0.5) is 11.4 Å². The van der Waals surface area contributed by atoms with E-state index in [0.717, 1.165) is 12.8 Å². The van der Waals surface area contributed by atoms with E-state index in [9.17, 15) is 20.0 Å². The molecule has 2 rings (SSSR count). The van der Waals surface area contributed by atoms with Crippen LogP contribution in [0.15, 0.2) is 18.2 Å². The Hall–Kier alpha value is -1.82. The number of anilines is 1. The maximum absolute atomic E-state index is 11.5. The van der Waals surface area contributed by atoms with Crippen molar-refractivity contribution in [1.82, 2.24) is 0 Å². The third-order valence-electron chi connectivity index (χ3n) is 3.63. The fourth-order valence-electron chi connectivity index (χ4n) is 2.72. The number of carbonyl (C=O) groups is 1. The molecule has 0 radical (unpaired) electrons. The fraction of sp³-hybridized carbons (Fsp3) is 0.462. The van der Waals surface area contributed by atoms with Gasteiger partial charge >= 0.3 is 5.97 Å². The molecule has 1 aliphatic heterocycles. The molecule has 2 atom stereocenters. The van der Waals surface area contributed by atoms with Crippen molar-refractivity contribution in [1.29, 1.82) is 0 Å². The molecule has 1 heterocycles. The molecule has 0 saturated carbocycles. The van der Waals surface area contributed by atoms with Gasteiger partial charge in [-0.05, 0) is 30.9 Å². The van der Waals surface area contributed by atoms with Gasteiger partial charge in [-0.15, -0.1) is 0 Å². The van der Waals surface area contributed by atoms with Crippen molar-refractivity contribution >= 4 is 28.9 Å². The maximum atomic E-state index is 11.5. The zero-order chi connectivity index (χ0) is 14.9. The normalized spacial score (nSPS) is 22.6. The Kier molecular flexibility index (Phi) is 4.13. The molecule has 6 nitrogen and oxygen atoms in total. The van der Waals surface area contributed by atoms with Crippen LogP contribution in [0.1, 0.15) is 19.8 Å². The highest BCUT2D eigenvalue weighted by molar-refractivity contribution is 6.31. The van der Waals surface area contributed by atoms with Gasteiger partial charge in [-0.2, -0.15) is 0 Å². The van der Waals surface area contributed by atoms with Crippen molar-refractivity contribution in [3.63, 3.8) is 0 Å². The lowest BCUT2D eigenvalue weighted by Crippen LogP contribution is -2.49. The summed E-state index contributed by atoms with van der Waals surface area (Å²) in [4.78, 5) is 23.7. The maximum Gasteiger partial charge on any atom is 0.326 e. The second-order valence-electron chi connectivity index (χ2n) is 4.99. The third-order valence-corrected chi connectivity index (χ3v) is 3.86. The molecular formula is C13H15ClN2O4. The molecule has 0 aliphatic carbocycles. The highest BCUT2D eigenvalue weighted by Crippen LogP contribution is 2.36. The number of carboxylic acids is 1. The SMILES string of the molecule is CC1CCCN(c2cc(Cl)ccc2[N+](=O)[O-])C1C(=O)O. The molecule has 0 amide bonds. The van der Waals surface area contributed by atoms with Gasteiger partial charge in [0.25, 0.3) is 5.69 Å². The number of hydrogen-bond acceptors (Lipinski definition) is 4. The highest BCUT2D eigenvalue weighted by atomic mass is 35.5. The van der Waals surface area contributed by atoms with E-state index in [1.807, 2.05) is 6.92 Å². The molecule has 1 N–H and O–H groups in total. The van der Waals surface area contributed by atoms with Gasteiger partial charge in [-0.3, -0.25) is 10.1 Å². The van der Waals surface area contributed by atoms with E-state index < -0.39 is 16.9 Å². The van der Waals surface area contributed by atoms with E-state index in [-0.39, 0.29) is 17.3 Å². The lowest BCUT2D eigenvalue weighted by atomic mass is 9.90. The summed E-state index contributed by atoms with van der Waals surface area (Å²) in [5, 5.41) is 20.9. The van der Waals surface area contributed by atoms with Gasteiger partial charge in [0.1, 0.15) is 11.7 Å². The van der Waals surface area contributed by atoms with Crippen molar-refractivity contribution in [2.45, 2.75) is 25.8 Å². The largest absolute Gasteiger partial charge is 0.480 e. The Labute approximate surface area is 121 Å². The van der Waals surface area contributed by atoms with E-state index in [1.165, 1.54) is 18.2 Å². The molecule has 1 aromatic rings. The Bertz CT molecular complexity index is 549. The number of carboxylic acid groups (broad SMARTS) is 1. The topological polar surface area (TPSA) is 83.7 Å². The van der Waals surface area contributed by atoms with Crippen LogP contribution in [0.5, 0.6) is 0 Å². The standard InChI is InChI=1S/C13H15ClN2O4/c1-8-3-2-6-15(12(8)13(17)18)11-7-9(14)4-5-10(11)16(19)20/h4-5,7-8,12H,2-3,6H2,1H3,(H,17,18). The summed E-state index contributed by atoms with van der Waals surface area (Å²) < 4.78 is 0. The van der Waals surface area contributed by atoms with Gasteiger partial charge in [0, 0.05) is 17.6 Å². The molecule has 1 aromatic carbocycles. The van der Waals surface area contributed by atoms with Crippen LogP contribution >= 0.6 is 11.6 Å². The molecule has 0 spiro atoms. The molecule has 1 saturated heterocycles. The van der Waals surface area contributed by atoms with E-state index >= 15 is 0 Å². The first kappa shape index (κ1) is 14.6. The smallest absolute Gasteiger partial charge is 0.326 e. The molecule has 2 unspecified atom stereocenters. The highest BCUT2D eigenvalue weighted by Gasteiger charge is 2.37. The number of rotatable bonds is 3. The fourth-order valence-corrected chi connectivity index (χ4v) is 2.88. The number of nitro groups is 1. The Balaban J connectivity index is 2.50. The summed E-state index contributed by atoms with van der Waals surface area (Å²) in [5.74, 6) is -1.04. The average molecular weight is 299 g/mol. The van der Waals surface area contributed by atoms with Crippen LogP contribution in [0.3, 0.4) is 0 Å². The van der Waals surface area contributed by atoms with Gasteiger partial charge in [-0.25, -0.2) is 4.79 Å². The van der Waals surface area contributed by atoms with Gasteiger partial charge in [-0.1, -0.05) is 18.5 Å². The predicted molar refractivity (Wildman–Crippen MR) is 75.3 cm³/mol. The summed E-state index contributed by atoms with van der Waals surface area (Å²) in [6.45, 7) is 2.32. The van der Waals surface area contributed by atoms with Crippen LogP contribution in [0, 0.1) is 16.0 Å². The van der Waals surface area contributed by atoms with E-state index in [4.69, 9.17) is 11.6 Å². The number of halogens is 1. The summed E-state index contributed by atoms with van der Waals surface area (Å²) in [6.07, 6.45) is 1.59. The van der Waals surface area contributed by atoms with Gasteiger partial charge < -0.3 is 10.0 Å². The predicted octanol–water partition coefficient (Wildman–Crippen LogP) is 2.94. The molecule has 108 valence electrons. The second kappa shape index (κ2) is 5.66. The van der Waals surface area contributed by atoms with Crippen molar-refractivity contribution in [2.24, 2.45) is 5.92 Å². The van der Waals surface area contributed by atoms with E-state index in [2.05, 4.69) is 0 Å². The van der Waals surface area contributed by atoms with Crippen molar-refractivity contribution in [2.75, 3.05) is 11.4 Å². The van der Waals surface area contributed by atoms with Crippen LogP contribution in [0.25, 0.3) is 0 Å². The summed E-state index contributed by atoms with van der Waals surface area (Å²) in [5.41, 5.74) is 0.163. The summed E-state index contributed by atoms with van der Waals surface area (Å²) >= 11 is 5.91. The lowest BCUT2D eigenvalue weighted by molar-refractivity contribution is -0.384.